The number of carbonyl (C=O) groups is 1. The Balaban J connectivity index is 2.99. The van der Waals surface area contributed by atoms with Gasteiger partial charge in [-0.25, -0.2) is 13.6 Å². The SMILES string of the molecule is CC#CC(=O)Nc1cccc(S(N)(=O)=O)c1. The normalized spacial score (nSPS) is 10.1. The van der Waals surface area contributed by atoms with E-state index < -0.39 is 15.9 Å². The molecule has 0 heterocycles. The van der Waals surface area contributed by atoms with Crippen LogP contribution < -0.4 is 10.5 Å². The van der Waals surface area contributed by atoms with Crippen LogP contribution in [0.5, 0.6) is 0 Å². The summed E-state index contributed by atoms with van der Waals surface area (Å²) >= 11 is 0. The highest BCUT2D eigenvalue weighted by Gasteiger charge is 2.08. The standard InChI is InChI=1S/C10H10N2O3S/c1-2-4-10(13)12-8-5-3-6-9(7-8)16(11,14)15/h3,5-7H,1H3,(H,12,13)(H2,11,14,15). The maximum Gasteiger partial charge on any atom is 0.300 e. The van der Waals surface area contributed by atoms with Crippen LogP contribution in [0.3, 0.4) is 0 Å². The van der Waals surface area contributed by atoms with Gasteiger partial charge in [-0.3, -0.25) is 4.79 Å². The van der Waals surface area contributed by atoms with Gasteiger partial charge in [0.1, 0.15) is 0 Å². The molecule has 0 saturated carbocycles. The molecule has 0 aromatic heterocycles. The Labute approximate surface area is 93.7 Å². The van der Waals surface area contributed by atoms with Crippen LogP contribution in [0, 0.1) is 11.8 Å². The largest absolute Gasteiger partial charge is 0.315 e. The lowest BCUT2D eigenvalue weighted by atomic mass is 10.3. The van der Waals surface area contributed by atoms with Crippen LogP contribution in [0.25, 0.3) is 0 Å². The van der Waals surface area contributed by atoms with Gasteiger partial charge in [0, 0.05) is 5.69 Å². The smallest absolute Gasteiger partial charge is 0.300 e. The van der Waals surface area contributed by atoms with Gasteiger partial charge < -0.3 is 5.32 Å². The maximum atomic E-state index is 11.1. The molecule has 0 bridgehead atoms. The van der Waals surface area contributed by atoms with Gasteiger partial charge in [0.15, 0.2) is 0 Å². The molecular weight excluding hydrogens is 228 g/mol. The van der Waals surface area contributed by atoms with Crippen LogP contribution in [0.1, 0.15) is 6.92 Å². The first-order valence-electron chi connectivity index (χ1n) is 4.30. The van der Waals surface area contributed by atoms with E-state index in [-0.39, 0.29) is 4.90 Å². The number of amides is 1. The van der Waals surface area contributed by atoms with Crippen LogP contribution in [-0.4, -0.2) is 14.3 Å². The Morgan fingerprint density at radius 1 is 1.44 bits per heavy atom. The number of hydrogen-bond acceptors (Lipinski definition) is 3. The summed E-state index contributed by atoms with van der Waals surface area (Å²) in [7, 11) is -3.76. The van der Waals surface area contributed by atoms with Crippen molar-refractivity contribution in [2.75, 3.05) is 5.32 Å². The van der Waals surface area contributed by atoms with E-state index in [4.69, 9.17) is 5.14 Å². The molecule has 3 N–H and O–H groups in total. The summed E-state index contributed by atoms with van der Waals surface area (Å²) in [5, 5.41) is 7.37. The molecule has 1 amide bonds. The van der Waals surface area contributed by atoms with Crippen molar-refractivity contribution in [3.63, 3.8) is 0 Å². The molecule has 1 rings (SSSR count). The van der Waals surface area contributed by atoms with Gasteiger partial charge in [0.25, 0.3) is 5.91 Å². The van der Waals surface area contributed by atoms with Crippen LogP contribution >= 0.6 is 0 Å². The monoisotopic (exact) mass is 238 g/mol. The fourth-order valence-electron chi connectivity index (χ4n) is 1.03. The molecule has 0 atom stereocenters. The first-order chi connectivity index (χ1) is 7.43. The molecular formula is C10H10N2O3S. The average molecular weight is 238 g/mol. The van der Waals surface area contributed by atoms with Crippen molar-refractivity contribution in [2.45, 2.75) is 11.8 Å². The van der Waals surface area contributed by atoms with Gasteiger partial charge in [-0.05, 0) is 31.0 Å². The highest BCUT2D eigenvalue weighted by molar-refractivity contribution is 7.89. The molecule has 0 aliphatic carbocycles. The van der Waals surface area contributed by atoms with Crippen molar-refractivity contribution in [1.82, 2.24) is 0 Å². The Kier molecular flexibility index (Phi) is 3.66. The quantitative estimate of drug-likeness (QED) is 0.726. The highest BCUT2D eigenvalue weighted by atomic mass is 32.2. The second-order valence-electron chi connectivity index (χ2n) is 2.90. The summed E-state index contributed by atoms with van der Waals surface area (Å²) in [6.45, 7) is 1.53. The van der Waals surface area contributed by atoms with Gasteiger partial charge in [0.2, 0.25) is 10.0 Å². The lowest BCUT2D eigenvalue weighted by Gasteiger charge is -2.03. The molecule has 5 nitrogen and oxygen atoms in total. The summed E-state index contributed by atoms with van der Waals surface area (Å²) in [5.74, 6) is 4.19. The first kappa shape index (κ1) is 12.2. The molecule has 0 unspecified atom stereocenters. The van der Waals surface area contributed by atoms with Crippen molar-refractivity contribution in [1.29, 1.82) is 0 Å². The summed E-state index contributed by atoms with van der Waals surface area (Å²) < 4.78 is 22.1. The van der Waals surface area contributed by atoms with Crippen LogP contribution in [0.15, 0.2) is 29.2 Å². The molecule has 0 aliphatic rings. The van der Waals surface area contributed by atoms with Gasteiger partial charge in [-0.1, -0.05) is 12.0 Å². The summed E-state index contributed by atoms with van der Waals surface area (Å²) in [5.41, 5.74) is 0.333. The number of benzene rings is 1. The lowest BCUT2D eigenvalue weighted by Crippen LogP contribution is -2.13. The molecule has 0 fully saturated rings. The molecule has 0 saturated heterocycles. The van der Waals surface area contributed by atoms with Crippen molar-refractivity contribution in [3.8, 4) is 11.8 Å². The molecule has 6 heteroatoms. The number of sulfonamides is 1. The molecule has 0 aliphatic heterocycles. The number of rotatable bonds is 2. The third kappa shape index (κ3) is 3.38. The van der Waals surface area contributed by atoms with Crippen molar-refractivity contribution in [2.24, 2.45) is 5.14 Å². The van der Waals surface area contributed by atoms with E-state index in [0.29, 0.717) is 5.69 Å². The molecule has 16 heavy (non-hydrogen) atoms. The number of anilines is 1. The Morgan fingerprint density at radius 2 is 2.12 bits per heavy atom. The third-order valence-electron chi connectivity index (χ3n) is 1.66. The van der Waals surface area contributed by atoms with E-state index in [2.05, 4.69) is 17.2 Å². The predicted molar refractivity (Wildman–Crippen MR) is 59.9 cm³/mol. The van der Waals surface area contributed by atoms with E-state index in [1.807, 2.05) is 0 Å². The van der Waals surface area contributed by atoms with Crippen molar-refractivity contribution < 1.29 is 13.2 Å². The molecule has 1 aromatic carbocycles. The minimum atomic E-state index is -3.76. The number of carbonyl (C=O) groups excluding carboxylic acids is 1. The fourth-order valence-corrected chi connectivity index (χ4v) is 1.59. The Bertz CT molecular complexity index is 567. The van der Waals surface area contributed by atoms with Crippen LogP contribution in [-0.2, 0) is 14.8 Å². The van der Waals surface area contributed by atoms with E-state index in [9.17, 15) is 13.2 Å². The second-order valence-corrected chi connectivity index (χ2v) is 4.46. The van der Waals surface area contributed by atoms with E-state index in [1.165, 1.54) is 25.1 Å². The van der Waals surface area contributed by atoms with Crippen LogP contribution in [0.4, 0.5) is 5.69 Å². The minimum absolute atomic E-state index is 0.0604. The topological polar surface area (TPSA) is 89.3 Å². The predicted octanol–water partition coefficient (Wildman–Crippen LogP) is 0.296. The lowest BCUT2D eigenvalue weighted by molar-refractivity contribution is -0.111. The molecule has 0 spiro atoms. The Hall–Kier alpha value is -1.84. The molecule has 1 aromatic rings. The third-order valence-corrected chi connectivity index (χ3v) is 2.57. The summed E-state index contributed by atoms with van der Waals surface area (Å²) in [6, 6.07) is 5.64. The second kappa shape index (κ2) is 4.79. The number of nitrogens with two attached hydrogens (primary N) is 1. The van der Waals surface area contributed by atoms with E-state index in [0.717, 1.165) is 0 Å². The van der Waals surface area contributed by atoms with E-state index >= 15 is 0 Å². The first-order valence-corrected chi connectivity index (χ1v) is 5.84. The minimum Gasteiger partial charge on any atom is -0.315 e. The van der Waals surface area contributed by atoms with E-state index in [1.54, 1.807) is 6.07 Å². The van der Waals surface area contributed by atoms with Gasteiger partial charge in [0.05, 0.1) is 4.90 Å². The van der Waals surface area contributed by atoms with Gasteiger partial charge >= 0.3 is 0 Å². The van der Waals surface area contributed by atoms with Gasteiger partial charge in [-0.2, -0.15) is 0 Å². The van der Waals surface area contributed by atoms with Gasteiger partial charge in [-0.15, -0.1) is 0 Å². The zero-order valence-corrected chi connectivity index (χ0v) is 9.34. The highest BCUT2D eigenvalue weighted by Crippen LogP contribution is 2.13. The fraction of sp³-hybridized carbons (Fsp3) is 0.100. The van der Waals surface area contributed by atoms with Crippen molar-refractivity contribution >= 4 is 21.6 Å². The summed E-state index contributed by atoms with van der Waals surface area (Å²) in [4.78, 5) is 11.0. The number of primary sulfonamides is 1. The zero-order valence-electron chi connectivity index (χ0n) is 8.52. The van der Waals surface area contributed by atoms with Crippen LogP contribution in [0.2, 0.25) is 0 Å². The zero-order chi connectivity index (χ0) is 12.2. The maximum absolute atomic E-state index is 11.1. The summed E-state index contributed by atoms with van der Waals surface area (Å²) in [6.07, 6.45) is 0. The Morgan fingerprint density at radius 3 is 2.69 bits per heavy atom. The molecule has 84 valence electrons. The number of nitrogens with one attached hydrogen (secondary N) is 1. The van der Waals surface area contributed by atoms with Crippen molar-refractivity contribution in [3.05, 3.63) is 24.3 Å². The number of hydrogen-bond donors (Lipinski definition) is 2. The molecule has 0 radical (unpaired) electrons. The average Bonchev–Trinajstić information content (AvgIpc) is 2.17.